The summed E-state index contributed by atoms with van der Waals surface area (Å²) in [7, 11) is 0. The maximum Gasteiger partial charge on any atom is 0.128 e. The van der Waals surface area contributed by atoms with Crippen molar-refractivity contribution in [1.29, 1.82) is 0 Å². The van der Waals surface area contributed by atoms with Crippen LogP contribution in [0.15, 0.2) is 24.3 Å². The van der Waals surface area contributed by atoms with Gasteiger partial charge in [-0.15, -0.1) is 0 Å². The van der Waals surface area contributed by atoms with Crippen LogP contribution in [0.5, 0.6) is 0 Å². The normalized spacial score (nSPS) is 13.0. The van der Waals surface area contributed by atoms with E-state index in [2.05, 4.69) is 0 Å². The molecule has 3 N–H and O–H groups in total. The van der Waals surface area contributed by atoms with Crippen LogP contribution in [-0.4, -0.2) is 11.7 Å². The molecule has 0 aliphatic heterocycles. The van der Waals surface area contributed by atoms with Crippen LogP contribution in [0.2, 0.25) is 0 Å². The first-order valence-corrected chi connectivity index (χ1v) is 3.36. The molecule has 0 heterocycles. The molecule has 0 unspecified atom stereocenters. The number of nitrogens with two attached hydrogens (primary N) is 1. The zero-order chi connectivity index (χ0) is 8.27. The molecule has 0 radical (unpaired) electrons. The molecule has 0 bridgehead atoms. The van der Waals surface area contributed by atoms with Crippen molar-refractivity contribution in [1.82, 2.24) is 0 Å². The van der Waals surface area contributed by atoms with E-state index in [1.807, 2.05) is 0 Å². The molecule has 0 saturated heterocycles. The molecule has 0 fully saturated rings. The van der Waals surface area contributed by atoms with Gasteiger partial charge in [0.05, 0.1) is 12.6 Å². The second kappa shape index (κ2) is 3.46. The van der Waals surface area contributed by atoms with Crippen molar-refractivity contribution in [3.8, 4) is 0 Å². The Hall–Kier alpha value is -0.930. The second-order valence-corrected chi connectivity index (χ2v) is 2.31. The molecule has 1 aromatic carbocycles. The lowest BCUT2D eigenvalue weighted by atomic mass is 10.1. The summed E-state index contributed by atoms with van der Waals surface area (Å²) in [5.74, 6) is -0.367. The minimum absolute atomic E-state index is 0.235. The van der Waals surface area contributed by atoms with Gasteiger partial charge in [-0.1, -0.05) is 18.2 Å². The molecular weight excluding hydrogens is 145 g/mol. The number of halogens is 1. The summed E-state index contributed by atoms with van der Waals surface area (Å²) in [4.78, 5) is 0. The van der Waals surface area contributed by atoms with E-state index in [0.717, 1.165) is 0 Å². The average molecular weight is 155 g/mol. The van der Waals surface area contributed by atoms with Crippen molar-refractivity contribution in [2.75, 3.05) is 6.61 Å². The number of hydrogen-bond donors (Lipinski definition) is 2. The summed E-state index contributed by atoms with van der Waals surface area (Å²) in [5.41, 5.74) is 5.76. The van der Waals surface area contributed by atoms with Gasteiger partial charge in [0, 0.05) is 5.56 Å². The molecule has 0 spiro atoms. The van der Waals surface area contributed by atoms with Crippen LogP contribution < -0.4 is 5.73 Å². The Balaban J connectivity index is 2.93. The highest BCUT2D eigenvalue weighted by Gasteiger charge is 2.07. The van der Waals surface area contributed by atoms with Crippen molar-refractivity contribution >= 4 is 0 Å². The molecule has 1 atom stereocenters. The fourth-order valence-electron chi connectivity index (χ4n) is 0.874. The Morgan fingerprint density at radius 1 is 1.45 bits per heavy atom. The van der Waals surface area contributed by atoms with E-state index in [1.165, 1.54) is 6.07 Å². The SMILES string of the molecule is N[C@H](CO)c1ccccc1F. The van der Waals surface area contributed by atoms with Gasteiger partial charge in [-0.3, -0.25) is 0 Å². The van der Waals surface area contributed by atoms with Crippen LogP contribution in [0.1, 0.15) is 11.6 Å². The predicted molar refractivity (Wildman–Crippen MR) is 40.4 cm³/mol. The fraction of sp³-hybridized carbons (Fsp3) is 0.250. The molecule has 0 saturated carbocycles. The monoisotopic (exact) mass is 155 g/mol. The highest BCUT2D eigenvalue weighted by Crippen LogP contribution is 2.12. The summed E-state index contributed by atoms with van der Waals surface area (Å²) in [6.07, 6.45) is 0. The van der Waals surface area contributed by atoms with Crippen LogP contribution in [0.4, 0.5) is 4.39 Å². The van der Waals surface area contributed by atoms with E-state index in [1.54, 1.807) is 18.2 Å². The molecule has 3 heteroatoms. The molecule has 0 amide bonds. The van der Waals surface area contributed by atoms with Gasteiger partial charge in [0.15, 0.2) is 0 Å². The predicted octanol–water partition coefficient (Wildman–Crippen LogP) is 0.818. The van der Waals surface area contributed by atoms with Gasteiger partial charge in [0.2, 0.25) is 0 Å². The summed E-state index contributed by atoms with van der Waals surface area (Å²) < 4.78 is 12.8. The van der Waals surface area contributed by atoms with E-state index in [9.17, 15) is 4.39 Å². The summed E-state index contributed by atoms with van der Waals surface area (Å²) >= 11 is 0. The molecule has 1 rings (SSSR count). The quantitative estimate of drug-likeness (QED) is 0.664. The Kier molecular flexibility index (Phi) is 2.57. The lowest BCUT2D eigenvalue weighted by Gasteiger charge is -2.08. The summed E-state index contributed by atoms with van der Waals surface area (Å²) in [6, 6.07) is 5.55. The molecule has 0 aromatic heterocycles. The molecule has 0 aliphatic carbocycles. The number of aliphatic hydroxyl groups is 1. The van der Waals surface area contributed by atoms with Crippen molar-refractivity contribution in [2.45, 2.75) is 6.04 Å². The molecule has 0 aliphatic rings. The number of benzene rings is 1. The highest BCUT2D eigenvalue weighted by molar-refractivity contribution is 5.20. The van der Waals surface area contributed by atoms with Crippen LogP contribution >= 0.6 is 0 Å². The zero-order valence-corrected chi connectivity index (χ0v) is 6.00. The van der Waals surface area contributed by atoms with E-state index in [4.69, 9.17) is 10.8 Å². The summed E-state index contributed by atoms with van der Waals surface area (Å²) in [5, 5.41) is 8.62. The van der Waals surface area contributed by atoms with Gasteiger partial charge < -0.3 is 10.8 Å². The topological polar surface area (TPSA) is 46.2 Å². The van der Waals surface area contributed by atoms with Crippen LogP contribution in [0.3, 0.4) is 0 Å². The number of hydrogen-bond acceptors (Lipinski definition) is 2. The first-order chi connectivity index (χ1) is 5.25. The second-order valence-electron chi connectivity index (χ2n) is 2.31. The van der Waals surface area contributed by atoms with E-state index in [0.29, 0.717) is 5.56 Å². The van der Waals surface area contributed by atoms with Gasteiger partial charge in [-0.2, -0.15) is 0 Å². The van der Waals surface area contributed by atoms with Gasteiger partial charge >= 0.3 is 0 Å². The van der Waals surface area contributed by atoms with Crippen molar-refractivity contribution in [3.63, 3.8) is 0 Å². The first-order valence-electron chi connectivity index (χ1n) is 3.36. The largest absolute Gasteiger partial charge is 0.394 e. The Labute approximate surface area is 64.5 Å². The van der Waals surface area contributed by atoms with Crippen molar-refractivity contribution < 1.29 is 9.50 Å². The third-order valence-corrected chi connectivity index (χ3v) is 1.50. The maximum atomic E-state index is 12.8. The molecule has 60 valence electrons. The molecule has 11 heavy (non-hydrogen) atoms. The highest BCUT2D eigenvalue weighted by atomic mass is 19.1. The van der Waals surface area contributed by atoms with Gasteiger partial charge in [-0.25, -0.2) is 4.39 Å². The smallest absolute Gasteiger partial charge is 0.128 e. The zero-order valence-electron chi connectivity index (χ0n) is 6.00. The third kappa shape index (κ3) is 1.76. The van der Waals surface area contributed by atoms with E-state index >= 15 is 0 Å². The Morgan fingerprint density at radius 2 is 2.09 bits per heavy atom. The fourth-order valence-corrected chi connectivity index (χ4v) is 0.874. The van der Waals surface area contributed by atoms with Gasteiger partial charge in [-0.05, 0) is 6.07 Å². The van der Waals surface area contributed by atoms with Crippen molar-refractivity contribution in [2.24, 2.45) is 5.73 Å². The standard InChI is InChI=1S/C8H10FNO/c9-7-4-2-1-3-6(7)8(10)5-11/h1-4,8,11H,5,10H2/t8-/m1/s1. The van der Waals surface area contributed by atoms with E-state index in [-0.39, 0.29) is 12.4 Å². The maximum absolute atomic E-state index is 12.8. The lowest BCUT2D eigenvalue weighted by molar-refractivity contribution is 0.265. The van der Waals surface area contributed by atoms with Crippen LogP contribution in [0.25, 0.3) is 0 Å². The van der Waals surface area contributed by atoms with E-state index < -0.39 is 6.04 Å². The minimum Gasteiger partial charge on any atom is -0.394 e. The van der Waals surface area contributed by atoms with Crippen LogP contribution in [0, 0.1) is 5.82 Å². The van der Waals surface area contributed by atoms with Gasteiger partial charge in [0.1, 0.15) is 5.82 Å². The lowest BCUT2D eigenvalue weighted by Crippen LogP contribution is -2.15. The number of aliphatic hydroxyl groups excluding tert-OH is 1. The summed E-state index contributed by atoms with van der Waals surface area (Å²) in [6.45, 7) is -0.235. The molecule has 2 nitrogen and oxygen atoms in total. The van der Waals surface area contributed by atoms with Crippen LogP contribution in [-0.2, 0) is 0 Å². The minimum atomic E-state index is -0.615. The Bertz CT molecular complexity index is 239. The first kappa shape index (κ1) is 8.17. The average Bonchev–Trinajstić information content (AvgIpc) is 2.04. The van der Waals surface area contributed by atoms with Crippen molar-refractivity contribution in [3.05, 3.63) is 35.6 Å². The number of rotatable bonds is 2. The molecule has 1 aromatic rings. The Morgan fingerprint density at radius 3 is 2.64 bits per heavy atom. The third-order valence-electron chi connectivity index (χ3n) is 1.50. The molecular formula is C8H10FNO. The van der Waals surface area contributed by atoms with Gasteiger partial charge in [0.25, 0.3) is 0 Å².